The molecule has 0 aliphatic carbocycles. The lowest BCUT2D eigenvalue weighted by Crippen LogP contribution is -2.46. The monoisotopic (exact) mass is 329 g/mol. The van der Waals surface area contributed by atoms with Gasteiger partial charge in [-0.05, 0) is 30.3 Å². The summed E-state index contributed by atoms with van der Waals surface area (Å²) < 4.78 is 32.9. The standard InChI is InChI=1S/C18H17F2N3O/c1-24-18-5-3-14(11-16(18)20)22-6-8-23(9-7-22)17-4-2-13(12-21)10-15(17)19/h2-5,10-11H,6-9H2,1H3. The van der Waals surface area contributed by atoms with Gasteiger partial charge in [0.15, 0.2) is 11.6 Å². The van der Waals surface area contributed by atoms with Crippen molar-refractivity contribution in [1.29, 1.82) is 5.26 Å². The predicted octanol–water partition coefficient (Wildman–Crippen LogP) is 3.17. The van der Waals surface area contributed by atoms with Crippen LogP contribution in [0.25, 0.3) is 0 Å². The van der Waals surface area contributed by atoms with Gasteiger partial charge >= 0.3 is 0 Å². The van der Waals surface area contributed by atoms with Gasteiger partial charge < -0.3 is 14.5 Å². The van der Waals surface area contributed by atoms with Gasteiger partial charge in [-0.15, -0.1) is 0 Å². The molecule has 0 N–H and O–H groups in total. The molecule has 1 aliphatic rings. The molecule has 2 aromatic rings. The predicted molar refractivity (Wildman–Crippen MR) is 88.5 cm³/mol. The van der Waals surface area contributed by atoms with Crippen molar-refractivity contribution in [2.24, 2.45) is 0 Å². The van der Waals surface area contributed by atoms with Crippen molar-refractivity contribution in [1.82, 2.24) is 0 Å². The first-order valence-corrected chi connectivity index (χ1v) is 7.65. The van der Waals surface area contributed by atoms with Crippen molar-refractivity contribution in [3.05, 3.63) is 53.6 Å². The number of nitrogens with zero attached hydrogens (tertiary/aromatic N) is 3. The van der Waals surface area contributed by atoms with Crippen LogP contribution in [0.5, 0.6) is 5.75 Å². The molecule has 124 valence electrons. The molecule has 0 unspecified atom stereocenters. The third-order valence-corrected chi connectivity index (χ3v) is 4.20. The zero-order chi connectivity index (χ0) is 17.1. The molecule has 1 fully saturated rings. The van der Waals surface area contributed by atoms with E-state index in [1.54, 1.807) is 18.2 Å². The highest BCUT2D eigenvalue weighted by molar-refractivity contribution is 5.55. The maximum absolute atomic E-state index is 14.1. The number of nitriles is 1. The molecule has 0 saturated carbocycles. The van der Waals surface area contributed by atoms with Crippen molar-refractivity contribution in [2.75, 3.05) is 43.1 Å². The molecule has 6 heteroatoms. The van der Waals surface area contributed by atoms with E-state index in [0.717, 1.165) is 5.69 Å². The maximum Gasteiger partial charge on any atom is 0.167 e. The summed E-state index contributed by atoms with van der Waals surface area (Å²) in [5.41, 5.74) is 1.59. The lowest BCUT2D eigenvalue weighted by Gasteiger charge is -2.37. The summed E-state index contributed by atoms with van der Waals surface area (Å²) in [6.45, 7) is 2.56. The highest BCUT2D eigenvalue weighted by Gasteiger charge is 2.20. The average Bonchev–Trinajstić information content (AvgIpc) is 2.61. The molecule has 4 nitrogen and oxygen atoms in total. The number of benzene rings is 2. The molecule has 0 spiro atoms. The van der Waals surface area contributed by atoms with Crippen molar-refractivity contribution in [3.63, 3.8) is 0 Å². The summed E-state index contributed by atoms with van der Waals surface area (Å²) >= 11 is 0. The normalized spacial score (nSPS) is 14.4. The van der Waals surface area contributed by atoms with Gasteiger partial charge in [-0.25, -0.2) is 8.78 Å². The summed E-state index contributed by atoms with van der Waals surface area (Å²) in [6, 6.07) is 11.3. The van der Waals surface area contributed by atoms with Gasteiger partial charge in [0.2, 0.25) is 0 Å². The fourth-order valence-corrected chi connectivity index (χ4v) is 2.89. The number of methoxy groups -OCH3 is 1. The minimum atomic E-state index is -0.393. The molecule has 1 saturated heterocycles. The quantitative estimate of drug-likeness (QED) is 0.867. The highest BCUT2D eigenvalue weighted by Crippen LogP contribution is 2.26. The van der Waals surface area contributed by atoms with E-state index < -0.39 is 11.6 Å². The first-order chi connectivity index (χ1) is 11.6. The van der Waals surface area contributed by atoms with Crippen LogP contribution in [0.15, 0.2) is 36.4 Å². The van der Waals surface area contributed by atoms with Gasteiger partial charge in [0.1, 0.15) is 5.82 Å². The molecule has 0 radical (unpaired) electrons. The number of ether oxygens (including phenoxy) is 1. The number of hydrogen-bond donors (Lipinski definition) is 0. The Hall–Kier alpha value is -2.81. The number of piperazine rings is 1. The Morgan fingerprint density at radius 1 is 0.958 bits per heavy atom. The van der Waals surface area contributed by atoms with Crippen LogP contribution in [0.1, 0.15) is 5.56 Å². The van der Waals surface area contributed by atoms with Gasteiger partial charge in [0.05, 0.1) is 24.4 Å². The Balaban J connectivity index is 1.70. The first kappa shape index (κ1) is 16.1. The van der Waals surface area contributed by atoms with Gasteiger partial charge in [0.25, 0.3) is 0 Å². The molecule has 0 amide bonds. The van der Waals surface area contributed by atoms with Gasteiger partial charge in [-0.3, -0.25) is 0 Å². The second-order valence-corrected chi connectivity index (χ2v) is 5.57. The Morgan fingerprint density at radius 3 is 2.25 bits per heavy atom. The SMILES string of the molecule is COc1ccc(N2CCN(c3ccc(C#N)cc3F)CC2)cc1F. The molecule has 0 bridgehead atoms. The van der Waals surface area contributed by atoms with Gasteiger partial charge in [0, 0.05) is 37.9 Å². The Morgan fingerprint density at radius 2 is 1.67 bits per heavy atom. The average molecular weight is 329 g/mol. The molecular weight excluding hydrogens is 312 g/mol. The summed E-state index contributed by atoms with van der Waals surface area (Å²) in [5.74, 6) is -0.564. The molecule has 2 aromatic carbocycles. The second-order valence-electron chi connectivity index (χ2n) is 5.57. The molecule has 3 rings (SSSR count). The molecular formula is C18H17F2N3O. The van der Waals surface area contributed by atoms with Crippen LogP contribution in [0.2, 0.25) is 0 Å². The lowest BCUT2D eigenvalue weighted by molar-refractivity contribution is 0.386. The van der Waals surface area contributed by atoms with Crippen molar-refractivity contribution in [3.8, 4) is 11.8 Å². The highest BCUT2D eigenvalue weighted by atomic mass is 19.1. The van der Waals surface area contributed by atoms with Crippen LogP contribution in [0, 0.1) is 23.0 Å². The molecule has 1 heterocycles. The van der Waals surface area contributed by atoms with E-state index in [1.807, 2.05) is 17.0 Å². The number of hydrogen-bond acceptors (Lipinski definition) is 4. The Labute approximate surface area is 139 Å². The van der Waals surface area contributed by atoms with Crippen LogP contribution in [0.4, 0.5) is 20.2 Å². The van der Waals surface area contributed by atoms with E-state index in [0.29, 0.717) is 37.4 Å². The number of rotatable bonds is 3. The van der Waals surface area contributed by atoms with Gasteiger partial charge in [-0.2, -0.15) is 5.26 Å². The lowest BCUT2D eigenvalue weighted by atomic mass is 10.1. The molecule has 24 heavy (non-hydrogen) atoms. The maximum atomic E-state index is 14.1. The molecule has 0 atom stereocenters. The van der Waals surface area contributed by atoms with Crippen LogP contribution in [0.3, 0.4) is 0 Å². The second kappa shape index (κ2) is 6.75. The minimum Gasteiger partial charge on any atom is -0.494 e. The van der Waals surface area contributed by atoms with Crippen molar-refractivity contribution in [2.45, 2.75) is 0 Å². The zero-order valence-corrected chi connectivity index (χ0v) is 13.3. The fourth-order valence-electron chi connectivity index (χ4n) is 2.89. The van der Waals surface area contributed by atoms with Crippen LogP contribution >= 0.6 is 0 Å². The summed E-state index contributed by atoms with van der Waals surface area (Å²) in [7, 11) is 1.43. The van der Waals surface area contributed by atoms with Gasteiger partial charge in [-0.1, -0.05) is 0 Å². The number of halogens is 2. The molecule has 0 aromatic heterocycles. The smallest absolute Gasteiger partial charge is 0.167 e. The largest absolute Gasteiger partial charge is 0.494 e. The topological polar surface area (TPSA) is 39.5 Å². The van der Waals surface area contributed by atoms with E-state index in [4.69, 9.17) is 10.00 Å². The summed E-state index contributed by atoms with van der Waals surface area (Å²) in [6.07, 6.45) is 0. The van der Waals surface area contributed by atoms with Crippen LogP contribution < -0.4 is 14.5 Å². The Bertz CT molecular complexity index is 780. The Kier molecular flexibility index (Phi) is 4.52. The third-order valence-electron chi connectivity index (χ3n) is 4.20. The zero-order valence-electron chi connectivity index (χ0n) is 13.3. The van der Waals surface area contributed by atoms with E-state index in [-0.39, 0.29) is 5.75 Å². The van der Waals surface area contributed by atoms with E-state index >= 15 is 0 Å². The summed E-state index contributed by atoms with van der Waals surface area (Å²) in [5, 5.41) is 8.81. The molecule has 1 aliphatic heterocycles. The minimum absolute atomic E-state index is 0.219. The number of anilines is 2. The third kappa shape index (κ3) is 3.11. The van der Waals surface area contributed by atoms with Crippen molar-refractivity contribution < 1.29 is 13.5 Å². The van der Waals surface area contributed by atoms with E-state index in [1.165, 1.54) is 19.2 Å². The van der Waals surface area contributed by atoms with Crippen LogP contribution in [-0.2, 0) is 0 Å². The van der Waals surface area contributed by atoms with Crippen LogP contribution in [-0.4, -0.2) is 33.3 Å². The fraction of sp³-hybridized carbons (Fsp3) is 0.278. The van der Waals surface area contributed by atoms with E-state index in [2.05, 4.69) is 4.90 Å². The van der Waals surface area contributed by atoms with Crippen molar-refractivity contribution >= 4 is 11.4 Å². The van der Waals surface area contributed by atoms with E-state index in [9.17, 15) is 8.78 Å². The summed E-state index contributed by atoms with van der Waals surface area (Å²) in [4.78, 5) is 3.99. The first-order valence-electron chi connectivity index (χ1n) is 7.65.